The largest absolute Gasteiger partial charge is 0.396 e. The van der Waals surface area contributed by atoms with Crippen LogP contribution in [0.3, 0.4) is 0 Å². The van der Waals surface area contributed by atoms with Crippen LogP contribution in [0.4, 0.5) is 0 Å². The van der Waals surface area contributed by atoms with Crippen LogP contribution in [-0.4, -0.2) is 40.2 Å². The fourth-order valence-corrected chi connectivity index (χ4v) is 2.89. The molecule has 0 saturated carbocycles. The molecule has 1 unspecified atom stereocenters. The van der Waals surface area contributed by atoms with Gasteiger partial charge in [0.25, 0.3) is 5.91 Å². The highest BCUT2D eigenvalue weighted by atomic mass is 16.3. The number of carbonyl (C=O) groups excluding carboxylic acids is 1. The van der Waals surface area contributed by atoms with E-state index < -0.39 is 0 Å². The molecule has 0 aliphatic carbocycles. The summed E-state index contributed by atoms with van der Waals surface area (Å²) in [5.41, 5.74) is 1.70. The molecule has 1 aromatic carbocycles. The average molecular weight is 284 g/mol. The molecule has 4 nitrogen and oxygen atoms in total. The smallest absolute Gasteiger partial charge is 0.253 e. The maximum absolute atomic E-state index is 12.6. The van der Waals surface area contributed by atoms with Gasteiger partial charge in [0, 0.05) is 43.3 Å². The lowest BCUT2D eigenvalue weighted by Gasteiger charge is -2.32. The zero-order valence-corrected chi connectivity index (χ0v) is 12.0. The summed E-state index contributed by atoms with van der Waals surface area (Å²) in [4.78, 5) is 14.5. The minimum Gasteiger partial charge on any atom is -0.396 e. The third-order valence-corrected chi connectivity index (χ3v) is 4.06. The Labute approximate surface area is 124 Å². The van der Waals surface area contributed by atoms with Crippen LogP contribution < -0.4 is 0 Å². The van der Waals surface area contributed by atoms with Crippen molar-refractivity contribution < 1.29 is 9.90 Å². The molecule has 1 aliphatic rings. The number of rotatable bonds is 3. The summed E-state index contributed by atoms with van der Waals surface area (Å²) in [6.07, 6.45) is 5.90. The quantitative estimate of drug-likeness (QED) is 0.940. The molecule has 1 aromatic heterocycles. The van der Waals surface area contributed by atoms with Crippen LogP contribution in [0.2, 0.25) is 0 Å². The van der Waals surface area contributed by atoms with E-state index in [1.165, 1.54) is 0 Å². The Balaban J connectivity index is 1.80. The van der Waals surface area contributed by atoms with Crippen molar-refractivity contribution in [3.8, 4) is 5.69 Å². The Bertz CT molecular complexity index is 607. The summed E-state index contributed by atoms with van der Waals surface area (Å²) in [6, 6.07) is 11.6. The van der Waals surface area contributed by atoms with E-state index in [1.807, 2.05) is 58.3 Å². The lowest BCUT2D eigenvalue weighted by atomic mass is 9.98. The van der Waals surface area contributed by atoms with Gasteiger partial charge in [-0.3, -0.25) is 4.79 Å². The third kappa shape index (κ3) is 3.00. The molecule has 1 fully saturated rings. The molecule has 1 N–H and O–H groups in total. The van der Waals surface area contributed by atoms with Crippen LogP contribution in [0, 0.1) is 5.92 Å². The molecule has 1 atom stereocenters. The summed E-state index contributed by atoms with van der Waals surface area (Å²) in [6.45, 7) is 1.60. The van der Waals surface area contributed by atoms with Gasteiger partial charge in [-0.25, -0.2) is 0 Å². The zero-order valence-electron chi connectivity index (χ0n) is 12.0. The summed E-state index contributed by atoms with van der Waals surface area (Å²) < 4.78 is 1.99. The van der Waals surface area contributed by atoms with Gasteiger partial charge in [-0.1, -0.05) is 6.07 Å². The SMILES string of the molecule is O=C(c1cccc(-n2cccc2)c1)N1CCCC(CO)C1. The van der Waals surface area contributed by atoms with E-state index in [0.717, 1.165) is 25.1 Å². The molecular formula is C17H20N2O2. The van der Waals surface area contributed by atoms with Crippen LogP contribution in [0.25, 0.3) is 5.69 Å². The van der Waals surface area contributed by atoms with E-state index in [-0.39, 0.29) is 18.4 Å². The maximum atomic E-state index is 12.6. The highest BCUT2D eigenvalue weighted by molar-refractivity contribution is 5.94. The van der Waals surface area contributed by atoms with Crippen molar-refractivity contribution in [3.05, 3.63) is 54.4 Å². The third-order valence-electron chi connectivity index (χ3n) is 4.06. The predicted octanol–water partition coefficient (Wildman–Crippen LogP) is 2.32. The van der Waals surface area contributed by atoms with Gasteiger partial charge in [-0.05, 0) is 49.1 Å². The maximum Gasteiger partial charge on any atom is 0.253 e. The minimum absolute atomic E-state index is 0.0576. The second kappa shape index (κ2) is 6.14. The second-order valence-electron chi connectivity index (χ2n) is 5.58. The van der Waals surface area contributed by atoms with Crippen molar-refractivity contribution in [3.63, 3.8) is 0 Å². The van der Waals surface area contributed by atoms with Gasteiger partial charge < -0.3 is 14.6 Å². The first-order chi connectivity index (χ1) is 10.3. The van der Waals surface area contributed by atoms with Crippen molar-refractivity contribution in [1.82, 2.24) is 9.47 Å². The lowest BCUT2D eigenvalue weighted by Crippen LogP contribution is -2.40. The Morgan fingerprint density at radius 2 is 2.05 bits per heavy atom. The minimum atomic E-state index is 0.0576. The summed E-state index contributed by atoms with van der Waals surface area (Å²) in [5, 5.41) is 9.29. The van der Waals surface area contributed by atoms with E-state index in [0.29, 0.717) is 12.1 Å². The van der Waals surface area contributed by atoms with Gasteiger partial charge in [0.15, 0.2) is 0 Å². The number of amides is 1. The van der Waals surface area contributed by atoms with E-state index in [1.54, 1.807) is 0 Å². The van der Waals surface area contributed by atoms with Crippen LogP contribution >= 0.6 is 0 Å². The van der Waals surface area contributed by atoms with Gasteiger partial charge in [-0.2, -0.15) is 0 Å². The predicted molar refractivity (Wildman–Crippen MR) is 81.5 cm³/mol. The first-order valence-corrected chi connectivity index (χ1v) is 7.41. The van der Waals surface area contributed by atoms with Crippen LogP contribution in [0.15, 0.2) is 48.8 Å². The number of aromatic nitrogens is 1. The molecule has 0 spiro atoms. The topological polar surface area (TPSA) is 45.5 Å². The number of nitrogens with zero attached hydrogens (tertiary/aromatic N) is 2. The Morgan fingerprint density at radius 1 is 1.24 bits per heavy atom. The van der Waals surface area contributed by atoms with Crippen molar-refractivity contribution in [2.45, 2.75) is 12.8 Å². The summed E-state index contributed by atoms with van der Waals surface area (Å²) >= 11 is 0. The van der Waals surface area contributed by atoms with Crippen molar-refractivity contribution >= 4 is 5.91 Å². The number of carbonyl (C=O) groups is 1. The fraction of sp³-hybridized carbons (Fsp3) is 0.353. The van der Waals surface area contributed by atoms with E-state index in [9.17, 15) is 9.90 Å². The molecule has 0 bridgehead atoms. The van der Waals surface area contributed by atoms with Gasteiger partial charge in [0.2, 0.25) is 0 Å². The van der Waals surface area contributed by atoms with Gasteiger partial charge in [-0.15, -0.1) is 0 Å². The first-order valence-electron chi connectivity index (χ1n) is 7.41. The molecule has 4 heteroatoms. The second-order valence-corrected chi connectivity index (χ2v) is 5.58. The van der Waals surface area contributed by atoms with Crippen LogP contribution in [0.5, 0.6) is 0 Å². The standard InChI is InChI=1S/C17H20N2O2/c20-13-14-5-4-10-19(12-14)17(21)15-6-3-7-16(11-15)18-8-1-2-9-18/h1-3,6-9,11,14,20H,4-5,10,12-13H2. The highest BCUT2D eigenvalue weighted by Gasteiger charge is 2.24. The highest BCUT2D eigenvalue weighted by Crippen LogP contribution is 2.19. The Hall–Kier alpha value is -2.07. The van der Waals surface area contributed by atoms with Gasteiger partial charge in [0.05, 0.1) is 0 Å². The number of piperidine rings is 1. The molecule has 2 heterocycles. The van der Waals surface area contributed by atoms with Crippen LogP contribution in [0.1, 0.15) is 23.2 Å². The average Bonchev–Trinajstić information content (AvgIpc) is 3.09. The van der Waals surface area contributed by atoms with Crippen LogP contribution in [-0.2, 0) is 0 Å². The fourth-order valence-electron chi connectivity index (χ4n) is 2.89. The Kier molecular flexibility index (Phi) is 4.06. The molecular weight excluding hydrogens is 264 g/mol. The van der Waals surface area contributed by atoms with E-state index >= 15 is 0 Å². The first kappa shape index (κ1) is 13.9. The molecule has 0 radical (unpaired) electrons. The summed E-state index contributed by atoms with van der Waals surface area (Å²) in [7, 11) is 0. The molecule has 1 aliphatic heterocycles. The Morgan fingerprint density at radius 3 is 2.81 bits per heavy atom. The summed E-state index contributed by atoms with van der Waals surface area (Å²) in [5.74, 6) is 0.275. The molecule has 3 rings (SSSR count). The number of aliphatic hydroxyl groups excluding tert-OH is 1. The molecule has 2 aromatic rings. The zero-order chi connectivity index (χ0) is 14.7. The van der Waals surface area contributed by atoms with Gasteiger partial charge in [0.1, 0.15) is 0 Å². The number of hydrogen-bond acceptors (Lipinski definition) is 2. The lowest BCUT2D eigenvalue weighted by molar-refractivity contribution is 0.0620. The molecule has 1 saturated heterocycles. The molecule has 1 amide bonds. The van der Waals surface area contributed by atoms with Gasteiger partial charge >= 0.3 is 0 Å². The van der Waals surface area contributed by atoms with E-state index in [2.05, 4.69) is 0 Å². The number of aliphatic hydroxyl groups is 1. The van der Waals surface area contributed by atoms with Crippen molar-refractivity contribution in [2.24, 2.45) is 5.92 Å². The van der Waals surface area contributed by atoms with Crippen molar-refractivity contribution in [1.29, 1.82) is 0 Å². The number of benzene rings is 1. The monoisotopic (exact) mass is 284 g/mol. The van der Waals surface area contributed by atoms with Crippen molar-refractivity contribution in [2.75, 3.05) is 19.7 Å². The number of likely N-dealkylation sites (tertiary alicyclic amines) is 1. The number of hydrogen-bond donors (Lipinski definition) is 1. The van der Waals surface area contributed by atoms with E-state index in [4.69, 9.17) is 0 Å². The normalized spacial score (nSPS) is 18.7. The molecule has 21 heavy (non-hydrogen) atoms. The molecule has 110 valence electrons.